The Hall–Kier alpha value is -0.890. The maximum absolute atomic E-state index is 9.11. The van der Waals surface area contributed by atoms with Crippen LogP contribution in [0.15, 0.2) is 11.4 Å². The molecule has 3 nitrogen and oxygen atoms in total. The van der Waals surface area contributed by atoms with Crippen LogP contribution in [0.25, 0.3) is 0 Å². The molecule has 2 heterocycles. The number of nitriles is 1. The number of nitrogens with zero attached hydrogens (tertiary/aromatic N) is 2. The smallest absolute Gasteiger partial charge is 0.116 e. The van der Waals surface area contributed by atoms with E-state index in [1.54, 1.807) is 11.3 Å². The molecule has 0 saturated carbocycles. The summed E-state index contributed by atoms with van der Waals surface area (Å²) >= 11 is 1.78. The van der Waals surface area contributed by atoms with Crippen molar-refractivity contribution < 1.29 is 4.74 Å². The summed E-state index contributed by atoms with van der Waals surface area (Å²) in [6.07, 6.45) is 0. The number of aryl methyl sites for hydroxylation is 1. The molecule has 1 aliphatic rings. The molecule has 0 radical (unpaired) electrons. The average Bonchev–Trinajstić information content (AvgIpc) is 2.58. The van der Waals surface area contributed by atoms with Crippen molar-refractivity contribution >= 4 is 11.3 Å². The molecule has 0 atom stereocenters. The van der Waals surface area contributed by atoms with E-state index in [1.165, 1.54) is 10.4 Å². The summed E-state index contributed by atoms with van der Waals surface area (Å²) in [5.41, 5.74) is 1.08. The predicted molar refractivity (Wildman–Crippen MR) is 64.3 cm³/mol. The standard InChI is InChI=1S/C12H16N2OS/c1-10-3-4-16-11(10)5-14(2)7-12(6-13)8-15-9-12/h3-4H,5,7-9H2,1-2H3. The average molecular weight is 236 g/mol. The second-order valence-electron chi connectivity index (χ2n) is 4.58. The first-order chi connectivity index (χ1) is 7.65. The zero-order chi connectivity index (χ0) is 11.6. The molecule has 1 aliphatic heterocycles. The van der Waals surface area contributed by atoms with Gasteiger partial charge in [0.1, 0.15) is 5.41 Å². The van der Waals surface area contributed by atoms with Crippen LogP contribution in [-0.4, -0.2) is 31.7 Å². The van der Waals surface area contributed by atoms with Crippen molar-refractivity contribution in [1.82, 2.24) is 4.90 Å². The Labute approximate surface area is 100 Å². The summed E-state index contributed by atoms with van der Waals surface area (Å²) in [6, 6.07) is 4.52. The van der Waals surface area contributed by atoms with Gasteiger partial charge in [-0.25, -0.2) is 0 Å². The topological polar surface area (TPSA) is 36.3 Å². The van der Waals surface area contributed by atoms with Crippen LogP contribution in [0.2, 0.25) is 0 Å². The van der Waals surface area contributed by atoms with Gasteiger partial charge in [-0.15, -0.1) is 11.3 Å². The maximum atomic E-state index is 9.11. The number of hydrogen-bond donors (Lipinski definition) is 0. The van der Waals surface area contributed by atoms with E-state index in [4.69, 9.17) is 10.00 Å². The third-order valence-corrected chi connectivity index (χ3v) is 3.96. The summed E-state index contributed by atoms with van der Waals surface area (Å²) < 4.78 is 5.14. The first kappa shape index (κ1) is 11.6. The van der Waals surface area contributed by atoms with Crippen molar-refractivity contribution in [2.24, 2.45) is 5.41 Å². The Balaban J connectivity index is 1.92. The van der Waals surface area contributed by atoms with E-state index in [2.05, 4.69) is 36.4 Å². The van der Waals surface area contributed by atoms with Crippen LogP contribution >= 0.6 is 11.3 Å². The summed E-state index contributed by atoms with van der Waals surface area (Å²) in [5, 5.41) is 11.2. The second-order valence-corrected chi connectivity index (χ2v) is 5.58. The Bertz CT molecular complexity index is 403. The van der Waals surface area contributed by atoms with Gasteiger partial charge in [-0.2, -0.15) is 5.26 Å². The minimum atomic E-state index is -0.264. The lowest BCUT2D eigenvalue weighted by Crippen LogP contribution is -2.48. The lowest BCUT2D eigenvalue weighted by atomic mass is 9.87. The Morgan fingerprint density at radius 3 is 2.81 bits per heavy atom. The lowest BCUT2D eigenvalue weighted by molar-refractivity contribution is -0.0894. The molecule has 1 aromatic heterocycles. The summed E-state index contributed by atoms with van der Waals surface area (Å²) in [4.78, 5) is 3.60. The molecule has 0 aromatic carbocycles. The minimum absolute atomic E-state index is 0.264. The first-order valence-corrected chi connectivity index (χ1v) is 6.24. The van der Waals surface area contributed by atoms with E-state index < -0.39 is 0 Å². The number of rotatable bonds is 4. The molecule has 0 spiro atoms. The van der Waals surface area contributed by atoms with E-state index >= 15 is 0 Å². The molecule has 0 amide bonds. The molecule has 86 valence electrons. The van der Waals surface area contributed by atoms with Crippen LogP contribution in [0.3, 0.4) is 0 Å². The Morgan fingerprint density at radius 2 is 2.38 bits per heavy atom. The van der Waals surface area contributed by atoms with Gasteiger partial charge in [-0.3, -0.25) is 4.90 Å². The minimum Gasteiger partial charge on any atom is -0.378 e. The maximum Gasteiger partial charge on any atom is 0.116 e. The van der Waals surface area contributed by atoms with Crippen LogP contribution in [0.4, 0.5) is 0 Å². The van der Waals surface area contributed by atoms with Crippen LogP contribution in [0, 0.1) is 23.7 Å². The molecule has 1 saturated heterocycles. The van der Waals surface area contributed by atoms with Crippen molar-refractivity contribution in [3.05, 3.63) is 21.9 Å². The van der Waals surface area contributed by atoms with Gasteiger partial charge < -0.3 is 4.74 Å². The fraction of sp³-hybridized carbons (Fsp3) is 0.583. The largest absolute Gasteiger partial charge is 0.378 e. The fourth-order valence-corrected chi connectivity index (χ4v) is 2.91. The number of thiophene rings is 1. The van der Waals surface area contributed by atoms with Gasteiger partial charge >= 0.3 is 0 Å². The van der Waals surface area contributed by atoms with Crippen molar-refractivity contribution in [3.63, 3.8) is 0 Å². The van der Waals surface area contributed by atoms with Crippen molar-refractivity contribution in [2.45, 2.75) is 13.5 Å². The molecule has 4 heteroatoms. The van der Waals surface area contributed by atoms with Gasteiger partial charge in [0.05, 0.1) is 19.3 Å². The fourth-order valence-electron chi connectivity index (χ4n) is 1.92. The highest BCUT2D eigenvalue weighted by atomic mass is 32.1. The quantitative estimate of drug-likeness (QED) is 0.802. The van der Waals surface area contributed by atoms with Gasteiger partial charge in [0.15, 0.2) is 0 Å². The van der Waals surface area contributed by atoms with Gasteiger partial charge in [0.2, 0.25) is 0 Å². The lowest BCUT2D eigenvalue weighted by Gasteiger charge is -2.37. The number of hydrogen-bond acceptors (Lipinski definition) is 4. The first-order valence-electron chi connectivity index (χ1n) is 5.36. The van der Waals surface area contributed by atoms with Crippen molar-refractivity contribution in [3.8, 4) is 6.07 Å². The SMILES string of the molecule is Cc1ccsc1CN(C)CC1(C#N)COC1. The van der Waals surface area contributed by atoms with E-state index in [1.807, 2.05) is 0 Å². The van der Waals surface area contributed by atoms with Crippen molar-refractivity contribution in [2.75, 3.05) is 26.8 Å². The van der Waals surface area contributed by atoms with E-state index in [0.717, 1.165) is 13.1 Å². The third-order valence-electron chi connectivity index (χ3n) is 2.95. The van der Waals surface area contributed by atoms with E-state index in [0.29, 0.717) is 13.2 Å². The summed E-state index contributed by atoms with van der Waals surface area (Å²) in [5.74, 6) is 0. The molecule has 0 bridgehead atoms. The highest BCUT2D eigenvalue weighted by Crippen LogP contribution is 2.28. The van der Waals surface area contributed by atoms with Crippen LogP contribution in [-0.2, 0) is 11.3 Å². The molecule has 1 fully saturated rings. The molecule has 0 N–H and O–H groups in total. The van der Waals surface area contributed by atoms with Gasteiger partial charge in [0.25, 0.3) is 0 Å². The monoisotopic (exact) mass is 236 g/mol. The van der Waals surface area contributed by atoms with Gasteiger partial charge in [0, 0.05) is 18.0 Å². The zero-order valence-corrected chi connectivity index (χ0v) is 10.5. The van der Waals surface area contributed by atoms with Crippen LogP contribution in [0.5, 0.6) is 0 Å². The van der Waals surface area contributed by atoms with Crippen LogP contribution < -0.4 is 0 Å². The molecular weight excluding hydrogens is 220 g/mol. The van der Waals surface area contributed by atoms with Gasteiger partial charge in [-0.05, 0) is 31.0 Å². The van der Waals surface area contributed by atoms with E-state index in [-0.39, 0.29) is 5.41 Å². The molecule has 0 unspecified atom stereocenters. The third kappa shape index (κ3) is 2.27. The highest BCUT2D eigenvalue weighted by Gasteiger charge is 2.39. The van der Waals surface area contributed by atoms with Crippen molar-refractivity contribution in [1.29, 1.82) is 5.26 Å². The Morgan fingerprint density at radius 1 is 1.62 bits per heavy atom. The molecule has 1 aromatic rings. The number of ether oxygens (including phenoxy) is 1. The molecular formula is C12H16N2OS. The highest BCUT2D eigenvalue weighted by molar-refractivity contribution is 7.10. The summed E-state index contributed by atoms with van der Waals surface area (Å²) in [6.45, 7) is 5.01. The normalized spacial score (nSPS) is 18.1. The van der Waals surface area contributed by atoms with Gasteiger partial charge in [-0.1, -0.05) is 0 Å². The zero-order valence-electron chi connectivity index (χ0n) is 9.69. The van der Waals surface area contributed by atoms with Crippen LogP contribution in [0.1, 0.15) is 10.4 Å². The summed E-state index contributed by atoms with van der Waals surface area (Å²) in [7, 11) is 2.07. The molecule has 0 aliphatic carbocycles. The second kappa shape index (κ2) is 4.54. The Kier molecular flexibility index (Phi) is 3.29. The van der Waals surface area contributed by atoms with E-state index in [9.17, 15) is 0 Å². The molecule has 2 rings (SSSR count). The predicted octanol–water partition coefficient (Wildman–Crippen LogP) is 2.03. The molecule has 16 heavy (non-hydrogen) atoms.